The van der Waals surface area contributed by atoms with Crippen LogP contribution in [0.1, 0.15) is 42.1 Å². The zero-order valence-electron chi connectivity index (χ0n) is 15.2. The van der Waals surface area contributed by atoms with Gasteiger partial charge in [-0.2, -0.15) is 4.98 Å². The number of hydrogen-bond donors (Lipinski definition) is 1. The van der Waals surface area contributed by atoms with Gasteiger partial charge in [-0.15, -0.1) is 0 Å². The third-order valence-corrected chi connectivity index (χ3v) is 5.17. The third kappa shape index (κ3) is 2.79. The van der Waals surface area contributed by atoms with Gasteiger partial charge in [-0.05, 0) is 30.5 Å². The first-order chi connectivity index (χ1) is 13.6. The van der Waals surface area contributed by atoms with E-state index in [0.29, 0.717) is 34.7 Å². The fraction of sp³-hybridized carbons (Fsp3) is 0.368. The number of cyclic esters (lactones) is 1. The first-order valence-electron chi connectivity index (χ1n) is 9.08. The van der Waals surface area contributed by atoms with Crippen molar-refractivity contribution in [2.75, 3.05) is 13.7 Å². The molecule has 1 aliphatic carbocycles. The number of nitrogens with one attached hydrogen (secondary N) is 1. The van der Waals surface area contributed by atoms with Gasteiger partial charge in [0.2, 0.25) is 5.89 Å². The molecule has 2 amide bonds. The molecule has 144 valence electrons. The molecule has 2 aliphatic heterocycles. The SMILES string of the molecule is COc1ccc([C@H]2NC(=O)N(Cc3nc(C4CC4)no3)C3=C2C(=O)OC3)cc1. The number of hydrogen-bond acceptors (Lipinski definition) is 7. The van der Waals surface area contributed by atoms with Crippen LogP contribution < -0.4 is 10.1 Å². The van der Waals surface area contributed by atoms with Crippen molar-refractivity contribution in [1.29, 1.82) is 0 Å². The fourth-order valence-electron chi connectivity index (χ4n) is 3.50. The highest BCUT2D eigenvalue weighted by atomic mass is 16.5. The van der Waals surface area contributed by atoms with E-state index in [0.717, 1.165) is 18.4 Å². The summed E-state index contributed by atoms with van der Waals surface area (Å²) in [6.07, 6.45) is 2.12. The van der Waals surface area contributed by atoms with Gasteiger partial charge in [0.15, 0.2) is 5.82 Å². The first-order valence-corrected chi connectivity index (χ1v) is 9.08. The zero-order chi connectivity index (χ0) is 19.3. The second kappa shape index (κ2) is 6.36. The minimum atomic E-state index is -0.579. The average Bonchev–Trinajstić information content (AvgIpc) is 3.34. The Kier molecular flexibility index (Phi) is 3.81. The predicted molar refractivity (Wildman–Crippen MR) is 94.1 cm³/mol. The molecule has 28 heavy (non-hydrogen) atoms. The van der Waals surface area contributed by atoms with Crippen LogP contribution in [0.2, 0.25) is 0 Å². The summed E-state index contributed by atoms with van der Waals surface area (Å²) in [5.41, 5.74) is 1.72. The average molecular weight is 382 g/mol. The number of urea groups is 1. The van der Waals surface area contributed by atoms with Crippen LogP contribution >= 0.6 is 0 Å². The highest BCUT2D eigenvalue weighted by Gasteiger charge is 2.42. The number of amides is 2. The summed E-state index contributed by atoms with van der Waals surface area (Å²) in [7, 11) is 1.58. The molecule has 9 nitrogen and oxygen atoms in total. The topological polar surface area (TPSA) is 107 Å². The molecule has 0 spiro atoms. The van der Waals surface area contributed by atoms with Crippen molar-refractivity contribution in [1.82, 2.24) is 20.4 Å². The largest absolute Gasteiger partial charge is 0.497 e. The lowest BCUT2D eigenvalue weighted by Gasteiger charge is -2.32. The maximum Gasteiger partial charge on any atom is 0.338 e. The second-order valence-electron chi connectivity index (χ2n) is 7.00. The minimum Gasteiger partial charge on any atom is -0.497 e. The van der Waals surface area contributed by atoms with Gasteiger partial charge < -0.3 is 19.3 Å². The summed E-state index contributed by atoms with van der Waals surface area (Å²) in [5, 5.41) is 6.86. The van der Waals surface area contributed by atoms with Crippen LogP contribution in [0, 0.1) is 0 Å². The Hall–Kier alpha value is -3.36. The van der Waals surface area contributed by atoms with Crippen molar-refractivity contribution in [3.8, 4) is 5.75 Å². The lowest BCUT2D eigenvalue weighted by molar-refractivity contribution is -0.136. The van der Waals surface area contributed by atoms with E-state index < -0.39 is 12.0 Å². The Balaban J connectivity index is 1.46. The molecule has 9 heteroatoms. The number of rotatable bonds is 5. The van der Waals surface area contributed by atoms with Gasteiger partial charge in [-0.25, -0.2) is 9.59 Å². The van der Waals surface area contributed by atoms with E-state index in [2.05, 4.69) is 15.5 Å². The van der Waals surface area contributed by atoms with Gasteiger partial charge in [-0.1, -0.05) is 17.3 Å². The van der Waals surface area contributed by atoms with Gasteiger partial charge in [0, 0.05) is 5.92 Å². The molecule has 1 aromatic carbocycles. The molecule has 1 atom stereocenters. The van der Waals surface area contributed by atoms with Crippen LogP contribution in [-0.2, 0) is 16.1 Å². The number of esters is 1. The van der Waals surface area contributed by atoms with Crippen LogP contribution in [0.15, 0.2) is 40.1 Å². The van der Waals surface area contributed by atoms with Crippen LogP contribution in [0.3, 0.4) is 0 Å². The monoisotopic (exact) mass is 382 g/mol. The number of carbonyl (C=O) groups excluding carboxylic acids is 2. The molecule has 1 N–H and O–H groups in total. The van der Waals surface area contributed by atoms with E-state index in [-0.39, 0.29) is 19.2 Å². The Morgan fingerprint density at radius 1 is 1.25 bits per heavy atom. The lowest BCUT2D eigenvalue weighted by atomic mass is 9.95. The maximum absolute atomic E-state index is 12.8. The number of carbonyl (C=O) groups is 2. The van der Waals surface area contributed by atoms with Crippen LogP contribution in [0.25, 0.3) is 0 Å². The first kappa shape index (κ1) is 16.8. The van der Waals surface area contributed by atoms with Crippen molar-refractivity contribution in [3.05, 3.63) is 52.8 Å². The molecular weight excluding hydrogens is 364 g/mol. The van der Waals surface area contributed by atoms with E-state index in [1.54, 1.807) is 19.2 Å². The number of aromatic nitrogens is 2. The van der Waals surface area contributed by atoms with Gasteiger partial charge in [0.05, 0.1) is 24.4 Å². The number of ether oxygens (including phenoxy) is 2. The summed E-state index contributed by atoms with van der Waals surface area (Å²) >= 11 is 0. The number of nitrogens with zero attached hydrogens (tertiary/aromatic N) is 3. The summed E-state index contributed by atoms with van der Waals surface area (Å²) in [6, 6.07) is 6.28. The van der Waals surface area contributed by atoms with Crippen LogP contribution in [-0.4, -0.2) is 40.8 Å². The second-order valence-corrected chi connectivity index (χ2v) is 7.00. The van der Waals surface area contributed by atoms with Crippen molar-refractivity contribution < 1.29 is 23.6 Å². The summed E-state index contributed by atoms with van der Waals surface area (Å²) in [5.74, 6) is 1.63. The standard InChI is InChI=1S/C19H18N4O5/c1-26-12-6-4-10(5-7-12)16-15-13(9-27-18(15)24)23(19(25)21-16)8-14-20-17(22-28-14)11-2-3-11/h4-7,11,16H,2-3,8-9H2,1H3,(H,21,25)/t16-/m1/s1. The molecule has 1 saturated carbocycles. The molecule has 1 aromatic heterocycles. The molecule has 0 bridgehead atoms. The molecule has 0 radical (unpaired) electrons. The minimum absolute atomic E-state index is 0.0395. The Bertz CT molecular complexity index is 976. The number of methoxy groups -OCH3 is 1. The van der Waals surface area contributed by atoms with Gasteiger partial charge in [0.1, 0.15) is 18.9 Å². The maximum atomic E-state index is 12.8. The van der Waals surface area contributed by atoms with Gasteiger partial charge in [-0.3, -0.25) is 4.90 Å². The summed E-state index contributed by atoms with van der Waals surface area (Å²) < 4.78 is 15.7. The summed E-state index contributed by atoms with van der Waals surface area (Å²) in [4.78, 5) is 31.0. The van der Waals surface area contributed by atoms with E-state index >= 15 is 0 Å². The Labute approximate surface area is 160 Å². The molecule has 5 rings (SSSR count). The highest BCUT2D eigenvalue weighted by Crippen LogP contribution is 2.39. The van der Waals surface area contributed by atoms with Crippen LogP contribution in [0.4, 0.5) is 4.79 Å². The normalized spacial score (nSPS) is 21.5. The molecule has 3 aliphatic rings. The molecule has 0 unspecified atom stereocenters. The Morgan fingerprint density at radius 2 is 2.04 bits per heavy atom. The fourth-order valence-corrected chi connectivity index (χ4v) is 3.50. The van der Waals surface area contributed by atoms with E-state index in [1.165, 1.54) is 4.90 Å². The van der Waals surface area contributed by atoms with Crippen molar-refractivity contribution >= 4 is 12.0 Å². The van der Waals surface area contributed by atoms with Gasteiger partial charge in [0.25, 0.3) is 0 Å². The van der Waals surface area contributed by atoms with Crippen molar-refractivity contribution in [3.63, 3.8) is 0 Å². The quantitative estimate of drug-likeness (QED) is 0.789. The molecule has 0 saturated heterocycles. The lowest BCUT2D eigenvalue weighted by Crippen LogP contribution is -2.46. The zero-order valence-corrected chi connectivity index (χ0v) is 15.2. The molecule has 3 heterocycles. The van der Waals surface area contributed by atoms with Gasteiger partial charge >= 0.3 is 12.0 Å². The summed E-state index contributed by atoms with van der Waals surface area (Å²) in [6.45, 7) is 0.133. The third-order valence-electron chi connectivity index (χ3n) is 5.17. The van der Waals surface area contributed by atoms with Crippen molar-refractivity contribution in [2.24, 2.45) is 0 Å². The number of benzene rings is 1. The van der Waals surface area contributed by atoms with E-state index in [4.69, 9.17) is 14.0 Å². The van der Waals surface area contributed by atoms with E-state index in [9.17, 15) is 9.59 Å². The Morgan fingerprint density at radius 3 is 2.75 bits per heavy atom. The van der Waals surface area contributed by atoms with Crippen molar-refractivity contribution in [2.45, 2.75) is 31.3 Å². The highest BCUT2D eigenvalue weighted by molar-refractivity contribution is 5.97. The predicted octanol–water partition coefficient (Wildman–Crippen LogP) is 2.03. The van der Waals surface area contributed by atoms with Crippen LogP contribution in [0.5, 0.6) is 5.75 Å². The van der Waals surface area contributed by atoms with E-state index in [1.807, 2.05) is 12.1 Å². The molecular formula is C19H18N4O5. The molecule has 2 aromatic rings. The smallest absolute Gasteiger partial charge is 0.338 e. The molecule has 1 fully saturated rings.